The molecule has 0 bridgehead atoms. The number of hydrogen-bond acceptors (Lipinski definition) is 3. The van der Waals surface area contributed by atoms with Gasteiger partial charge in [0.15, 0.2) is 0 Å². The first-order valence-electron chi connectivity index (χ1n) is 6.66. The molecule has 1 aromatic carbocycles. The van der Waals surface area contributed by atoms with Gasteiger partial charge in [0.2, 0.25) is 5.91 Å². The Hall–Kier alpha value is -1.39. The fourth-order valence-electron chi connectivity index (χ4n) is 1.69. The summed E-state index contributed by atoms with van der Waals surface area (Å²) in [5.74, 6) is 0.00803. The summed E-state index contributed by atoms with van der Waals surface area (Å²) in [6, 6.07) is 8.12. The Morgan fingerprint density at radius 1 is 1.37 bits per heavy atom. The maximum absolute atomic E-state index is 11.7. The molecule has 1 unspecified atom stereocenters. The number of carbonyl (C=O) groups is 1. The minimum atomic E-state index is -0.321. The van der Waals surface area contributed by atoms with Gasteiger partial charge in [-0.15, -0.1) is 0 Å². The number of nitrogens with zero attached hydrogens (tertiary/aromatic N) is 1. The van der Waals surface area contributed by atoms with E-state index in [9.17, 15) is 9.90 Å². The molecule has 0 saturated heterocycles. The highest BCUT2D eigenvalue weighted by atomic mass is 16.3. The van der Waals surface area contributed by atoms with Crippen LogP contribution in [0.4, 0.5) is 0 Å². The minimum Gasteiger partial charge on any atom is -0.393 e. The molecule has 0 saturated carbocycles. The number of aliphatic hydroxyl groups excluding tert-OH is 1. The van der Waals surface area contributed by atoms with Gasteiger partial charge in [0, 0.05) is 13.1 Å². The largest absolute Gasteiger partial charge is 0.393 e. The molecule has 0 spiro atoms. The van der Waals surface area contributed by atoms with Crippen LogP contribution in [0.1, 0.15) is 24.5 Å². The number of benzene rings is 1. The molecule has 0 aliphatic carbocycles. The third-order valence-corrected chi connectivity index (χ3v) is 2.95. The van der Waals surface area contributed by atoms with Crippen molar-refractivity contribution >= 4 is 5.91 Å². The van der Waals surface area contributed by atoms with Crippen molar-refractivity contribution in [3.63, 3.8) is 0 Å². The van der Waals surface area contributed by atoms with Gasteiger partial charge in [-0.1, -0.05) is 29.8 Å². The Labute approximate surface area is 115 Å². The highest BCUT2D eigenvalue weighted by molar-refractivity contribution is 5.77. The predicted molar refractivity (Wildman–Crippen MR) is 76.8 cm³/mol. The quantitative estimate of drug-likeness (QED) is 0.781. The number of nitrogens with one attached hydrogen (secondary N) is 1. The molecule has 19 heavy (non-hydrogen) atoms. The molecule has 0 radical (unpaired) electrons. The van der Waals surface area contributed by atoms with Crippen LogP contribution in [0.15, 0.2) is 24.3 Å². The normalized spacial score (nSPS) is 12.5. The Kier molecular flexibility index (Phi) is 6.53. The number of aliphatic hydroxyl groups is 1. The van der Waals surface area contributed by atoms with Crippen LogP contribution in [0, 0.1) is 6.92 Å². The second-order valence-electron chi connectivity index (χ2n) is 5.14. The van der Waals surface area contributed by atoms with Crippen LogP contribution >= 0.6 is 0 Å². The topological polar surface area (TPSA) is 52.6 Å². The maximum Gasteiger partial charge on any atom is 0.234 e. The summed E-state index contributed by atoms with van der Waals surface area (Å²) in [6.45, 7) is 5.43. The third kappa shape index (κ3) is 6.94. The molecular weight excluding hydrogens is 240 g/mol. The molecule has 0 aliphatic heterocycles. The summed E-state index contributed by atoms with van der Waals surface area (Å²) < 4.78 is 0. The second-order valence-corrected chi connectivity index (χ2v) is 5.14. The van der Waals surface area contributed by atoms with E-state index in [0.29, 0.717) is 19.5 Å². The molecule has 0 aromatic heterocycles. The first kappa shape index (κ1) is 15.7. The average Bonchev–Trinajstić information content (AvgIpc) is 2.36. The monoisotopic (exact) mass is 264 g/mol. The van der Waals surface area contributed by atoms with Gasteiger partial charge in [-0.05, 0) is 32.9 Å². The number of amides is 1. The van der Waals surface area contributed by atoms with Crippen molar-refractivity contribution < 1.29 is 9.90 Å². The molecule has 106 valence electrons. The second kappa shape index (κ2) is 7.92. The SMILES string of the molecule is Cc1ccc(CNC(=O)CN(C)CCC(C)O)cc1. The van der Waals surface area contributed by atoms with Crippen molar-refractivity contribution in [3.05, 3.63) is 35.4 Å². The number of aryl methyl sites for hydroxylation is 1. The molecule has 0 aliphatic rings. The lowest BCUT2D eigenvalue weighted by atomic mass is 10.1. The van der Waals surface area contributed by atoms with Gasteiger partial charge in [-0.25, -0.2) is 0 Å². The smallest absolute Gasteiger partial charge is 0.234 e. The Morgan fingerprint density at radius 2 is 2.00 bits per heavy atom. The van der Waals surface area contributed by atoms with Crippen molar-refractivity contribution in [2.45, 2.75) is 32.9 Å². The van der Waals surface area contributed by atoms with E-state index in [4.69, 9.17) is 0 Å². The van der Waals surface area contributed by atoms with E-state index in [1.807, 2.05) is 43.1 Å². The van der Waals surface area contributed by atoms with Crippen LogP contribution in [0.2, 0.25) is 0 Å². The van der Waals surface area contributed by atoms with E-state index >= 15 is 0 Å². The Morgan fingerprint density at radius 3 is 2.58 bits per heavy atom. The summed E-state index contributed by atoms with van der Waals surface area (Å²) in [6.07, 6.45) is 0.361. The summed E-state index contributed by atoms with van der Waals surface area (Å²) in [5, 5.41) is 12.1. The zero-order chi connectivity index (χ0) is 14.3. The van der Waals surface area contributed by atoms with E-state index in [1.165, 1.54) is 5.56 Å². The van der Waals surface area contributed by atoms with Gasteiger partial charge in [-0.3, -0.25) is 9.69 Å². The summed E-state index contributed by atoms with van der Waals surface area (Å²) >= 11 is 0. The zero-order valence-corrected chi connectivity index (χ0v) is 12.0. The van der Waals surface area contributed by atoms with Crippen molar-refractivity contribution in [3.8, 4) is 0 Å². The van der Waals surface area contributed by atoms with Gasteiger partial charge in [0.1, 0.15) is 0 Å². The van der Waals surface area contributed by atoms with Crippen LogP contribution in [-0.2, 0) is 11.3 Å². The van der Waals surface area contributed by atoms with Crippen molar-refractivity contribution in [1.29, 1.82) is 0 Å². The van der Waals surface area contributed by atoms with E-state index in [-0.39, 0.29) is 12.0 Å². The minimum absolute atomic E-state index is 0.00803. The van der Waals surface area contributed by atoms with Crippen LogP contribution in [0.5, 0.6) is 0 Å². The highest BCUT2D eigenvalue weighted by Gasteiger charge is 2.07. The highest BCUT2D eigenvalue weighted by Crippen LogP contribution is 2.02. The van der Waals surface area contributed by atoms with Gasteiger partial charge in [0.05, 0.1) is 12.6 Å². The van der Waals surface area contributed by atoms with Gasteiger partial charge < -0.3 is 10.4 Å². The number of likely N-dealkylation sites (N-methyl/N-ethyl adjacent to an activating group) is 1. The van der Waals surface area contributed by atoms with Crippen LogP contribution < -0.4 is 5.32 Å². The van der Waals surface area contributed by atoms with E-state index in [2.05, 4.69) is 5.32 Å². The average molecular weight is 264 g/mol. The molecule has 2 N–H and O–H groups in total. The Bertz CT molecular complexity index is 388. The first-order valence-corrected chi connectivity index (χ1v) is 6.66. The standard InChI is InChI=1S/C15H24N2O2/c1-12-4-6-14(7-5-12)10-16-15(19)11-17(3)9-8-13(2)18/h4-7,13,18H,8-11H2,1-3H3,(H,16,19). The molecule has 1 rings (SSSR count). The predicted octanol–water partition coefficient (Wildman–Crippen LogP) is 1.31. The fraction of sp³-hybridized carbons (Fsp3) is 0.533. The lowest BCUT2D eigenvalue weighted by Crippen LogP contribution is -2.35. The van der Waals surface area contributed by atoms with Crippen LogP contribution in [0.3, 0.4) is 0 Å². The van der Waals surface area contributed by atoms with Crippen molar-refractivity contribution in [2.24, 2.45) is 0 Å². The van der Waals surface area contributed by atoms with E-state index in [0.717, 1.165) is 12.1 Å². The number of hydrogen-bond donors (Lipinski definition) is 2. The summed E-state index contributed by atoms with van der Waals surface area (Å²) in [5.41, 5.74) is 2.32. The Balaban J connectivity index is 2.25. The lowest BCUT2D eigenvalue weighted by molar-refractivity contribution is -0.122. The van der Waals surface area contributed by atoms with Gasteiger partial charge in [-0.2, -0.15) is 0 Å². The van der Waals surface area contributed by atoms with Crippen LogP contribution in [0.25, 0.3) is 0 Å². The third-order valence-electron chi connectivity index (χ3n) is 2.95. The molecule has 1 atom stereocenters. The molecule has 4 nitrogen and oxygen atoms in total. The van der Waals surface area contributed by atoms with Crippen molar-refractivity contribution in [2.75, 3.05) is 20.1 Å². The van der Waals surface area contributed by atoms with Crippen molar-refractivity contribution in [1.82, 2.24) is 10.2 Å². The summed E-state index contributed by atoms with van der Waals surface area (Å²) in [4.78, 5) is 13.6. The molecule has 1 amide bonds. The molecule has 4 heteroatoms. The summed E-state index contributed by atoms with van der Waals surface area (Å²) in [7, 11) is 1.88. The molecule has 0 fully saturated rings. The lowest BCUT2D eigenvalue weighted by Gasteiger charge is -2.17. The van der Waals surface area contributed by atoms with E-state index in [1.54, 1.807) is 6.92 Å². The van der Waals surface area contributed by atoms with Gasteiger partial charge in [0.25, 0.3) is 0 Å². The van der Waals surface area contributed by atoms with E-state index < -0.39 is 0 Å². The number of carbonyl (C=O) groups excluding carboxylic acids is 1. The molecular formula is C15H24N2O2. The fourth-order valence-corrected chi connectivity index (χ4v) is 1.69. The molecule has 1 aromatic rings. The zero-order valence-electron chi connectivity index (χ0n) is 12.0. The maximum atomic E-state index is 11.7. The van der Waals surface area contributed by atoms with Gasteiger partial charge >= 0.3 is 0 Å². The van der Waals surface area contributed by atoms with Crippen LogP contribution in [-0.4, -0.2) is 42.2 Å². The first-order chi connectivity index (χ1) is 8.97. The number of rotatable bonds is 7. The molecule has 0 heterocycles.